The third kappa shape index (κ3) is 3.27. The lowest BCUT2D eigenvalue weighted by molar-refractivity contribution is 0.0518. The standard InChI is InChI=1S/C13H16O7S/c1-3-17-12(15)10-8-9(20-6-7(14)5-19-8)11(21-10)13(16)18-4-2/h7,14H,3-6H2,1-2H3. The molecular weight excluding hydrogens is 300 g/mol. The van der Waals surface area contributed by atoms with Crippen LogP contribution in [0.3, 0.4) is 0 Å². The summed E-state index contributed by atoms with van der Waals surface area (Å²) in [7, 11) is 0. The van der Waals surface area contributed by atoms with Gasteiger partial charge in [0.1, 0.15) is 19.3 Å². The van der Waals surface area contributed by atoms with Crippen molar-refractivity contribution in [3.63, 3.8) is 0 Å². The Morgan fingerprint density at radius 2 is 1.52 bits per heavy atom. The Balaban J connectivity index is 2.42. The van der Waals surface area contributed by atoms with Gasteiger partial charge in [0, 0.05) is 0 Å². The van der Waals surface area contributed by atoms with E-state index in [1.165, 1.54) is 0 Å². The molecule has 1 aliphatic heterocycles. The third-order valence-corrected chi connectivity index (χ3v) is 3.70. The van der Waals surface area contributed by atoms with Crippen molar-refractivity contribution in [3.05, 3.63) is 9.75 Å². The maximum absolute atomic E-state index is 11.9. The number of hydrogen-bond donors (Lipinski definition) is 1. The quantitative estimate of drug-likeness (QED) is 0.835. The first kappa shape index (κ1) is 15.6. The normalized spacial score (nSPS) is 14.4. The number of rotatable bonds is 4. The fourth-order valence-corrected chi connectivity index (χ4v) is 2.71. The molecule has 0 bridgehead atoms. The minimum Gasteiger partial charge on any atom is -0.485 e. The molecule has 0 saturated heterocycles. The maximum atomic E-state index is 11.9. The number of fused-ring (bicyclic) bond motifs is 1. The van der Waals surface area contributed by atoms with Gasteiger partial charge in [-0.15, -0.1) is 11.3 Å². The summed E-state index contributed by atoms with van der Waals surface area (Å²) in [5.41, 5.74) is 0. The van der Waals surface area contributed by atoms with Crippen molar-refractivity contribution in [2.45, 2.75) is 20.0 Å². The fourth-order valence-electron chi connectivity index (χ4n) is 1.73. The van der Waals surface area contributed by atoms with Crippen LogP contribution in [0.4, 0.5) is 0 Å². The average Bonchev–Trinajstić information content (AvgIpc) is 2.71. The van der Waals surface area contributed by atoms with Gasteiger partial charge in [-0.25, -0.2) is 9.59 Å². The van der Waals surface area contributed by atoms with Crippen molar-refractivity contribution in [3.8, 4) is 11.5 Å². The molecule has 21 heavy (non-hydrogen) atoms. The number of thiophene rings is 1. The number of esters is 2. The van der Waals surface area contributed by atoms with Gasteiger partial charge < -0.3 is 24.1 Å². The van der Waals surface area contributed by atoms with Crippen molar-refractivity contribution in [2.24, 2.45) is 0 Å². The van der Waals surface area contributed by atoms with Gasteiger partial charge in [-0.3, -0.25) is 0 Å². The number of hydrogen-bond acceptors (Lipinski definition) is 8. The predicted molar refractivity (Wildman–Crippen MR) is 73.2 cm³/mol. The highest BCUT2D eigenvalue weighted by atomic mass is 32.1. The molecule has 0 saturated carbocycles. The van der Waals surface area contributed by atoms with E-state index in [1.807, 2.05) is 0 Å². The third-order valence-electron chi connectivity index (χ3n) is 2.58. The fraction of sp³-hybridized carbons (Fsp3) is 0.538. The van der Waals surface area contributed by atoms with Gasteiger partial charge in [0.25, 0.3) is 0 Å². The molecule has 0 aromatic carbocycles. The molecular formula is C13H16O7S. The summed E-state index contributed by atoms with van der Waals surface area (Å²) in [6.07, 6.45) is -0.840. The zero-order valence-corrected chi connectivity index (χ0v) is 12.5. The minimum absolute atomic E-state index is 0.0294. The zero-order chi connectivity index (χ0) is 15.4. The number of aliphatic hydroxyl groups excluding tert-OH is 1. The molecule has 0 radical (unpaired) electrons. The molecule has 0 spiro atoms. The van der Waals surface area contributed by atoms with E-state index >= 15 is 0 Å². The highest BCUT2D eigenvalue weighted by Crippen LogP contribution is 2.44. The van der Waals surface area contributed by atoms with Crippen LogP contribution in [0.15, 0.2) is 0 Å². The molecule has 116 valence electrons. The van der Waals surface area contributed by atoms with Crippen molar-refractivity contribution in [2.75, 3.05) is 26.4 Å². The van der Waals surface area contributed by atoms with Gasteiger partial charge in [-0.2, -0.15) is 0 Å². The zero-order valence-electron chi connectivity index (χ0n) is 11.7. The van der Waals surface area contributed by atoms with E-state index in [4.69, 9.17) is 18.9 Å². The van der Waals surface area contributed by atoms with Gasteiger partial charge >= 0.3 is 11.9 Å². The molecule has 1 aromatic heterocycles. The topological polar surface area (TPSA) is 91.3 Å². The molecule has 0 aliphatic carbocycles. The van der Waals surface area contributed by atoms with Gasteiger partial charge in [-0.05, 0) is 13.8 Å². The smallest absolute Gasteiger partial charge is 0.352 e. The number of aliphatic hydroxyl groups is 1. The summed E-state index contributed by atoms with van der Waals surface area (Å²) in [5.74, 6) is -0.959. The molecule has 0 atom stereocenters. The first-order valence-corrected chi connectivity index (χ1v) is 7.34. The van der Waals surface area contributed by atoms with Gasteiger partial charge in [0.2, 0.25) is 0 Å². The Morgan fingerprint density at radius 3 is 1.90 bits per heavy atom. The molecule has 0 amide bonds. The molecule has 0 unspecified atom stereocenters. The van der Waals surface area contributed by atoms with Gasteiger partial charge in [0.15, 0.2) is 21.3 Å². The van der Waals surface area contributed by atoms with Crippen LogP contribution in [0.2, 0.25) is 0 Å². The van der Waals surface area contributed by atoms with E-state index in [2.05, 4.69) is 0 Å². The van der Waals surface area contributed by atoms with Crippen molar-refractivity contribution >= 4 is 23.3 Å². The molecule has 2 rings (SSSR count). The Morgan fingerprint density at radius 1 is 1.10 bits per heavy atom. The highest BCUT2D eigenvalue weighted by Gasteiger charge is 2.33. The summed E-state index contributed by atoms with van der Waals surface area (Å²) < 4.78 is 20.7. The Labute approximate surface area is 125 Å². The summed E-state index contributed by atoms with van der Waals surface area (Å²) in [4.78, 5) is 24.1. The number of carbonyl (C=O) groups excluding carboxylic acids is 2. The summed E-state index contributed by atoms with van der Waals surface area (Å²) >= 11 is 0.901. The summed E-state index contributed by atoms with van der Waals surface area (Å²) in [6.45, 7) is 3.69. The Kier molecular flexibility index (Phi) is 5.03. The first-order valence-electron chi connectivity index (χ1n) is 6.53. The molecule has 1 aliphatic rings. The second-order valence-electron chi connectivity index (χ2n) is 4.14. The van der Waals surface area contributed by atoms with Crippen LogP contribution in [0.1, 0.15) is 33.2 Å². The molecule has 1 aromatic rings. The van der Waals surface area contributed by atoms with Crippen LogP contribution >= 0.6 is 11.3 Å². The van der Waals surface area contributed by atoms with E-state index < -0.39 is 18.0 Å². The average molecular weight is 316 g/mol. The van der Waals surface area contributed by atoms with Crippen molar-refractivity contribution in [1.29, 1.82) is 0 Å². The minimum atomic E-state index is -0.840. The second-order valence-corrected chi connectivity index (χ2v) is 5.16. The lowest BCUT2D eigenvalue weighted by Gasteiger charge is -2.06. The number of ether oxygens (including phenoxy) is 4. The summed E-state index contributed by atoms with van der Waals surface area (Å²) in [5, 5.41) is 9.57. The lowest BCUT2D eigenvalue weighted by atomic mass is 10.3. The SMILES string of the molecule is CCOC(=O)c1sc(C(=O)OCC)c2c1OCC(O)CO2. The van der Waals surface area contributed by atoms with E-state index in [9.17, 15) is 14.7 Å². The second kappa shape index (κ2) is 6.77. The molecule has 0 fully saturated rings. The van der Waals surface area contributed by atoms with Crippen molar-refractivity contribution in [1.82, 2.24) is 0 Å². The van der Waals surface area contributed by atoms with Crippen LogP contribution in [-0.2, 0) is 9.47 Å². The largest absolute Gasteiger partial charge is 0.485 e. The van der Waals surface area contributed by atoms with Crippen LogP contribution in [0, 0.1) is 0 Å². The Hall–Kier alpha value is -1.80. The van der Waals surface area contributed by atoms with E-state index in [0.717, 1.165) is 11.3 Å². The van der Waals surface area contributed by atoms with E-state index in [1.54, 1.807) is 13.8 Å². The van der Waals surface area contributed by atoms with Crippen LogP contribution in [0.5, 0.6) is 11.5 Å². The number of carbonyl (C=O) groups is 2. The van der Waals surface area contributed by atoms with E-state index in [-0.39, 0.29) is 47.7 Å². The van der Waals surface area contributed by atoms with Gasteiger partial charge in [0.05, 0.1) is 13.2 Å². The molecule has 1 N–H and O–H groups in total. The predicted octanol–water partition coefficient (Wildman–Crippen LogP) is 1.23. The maximum Gasteiger partial charge on any atom is 0.352 e. The first-order chi connectivity index (χ1) is 10.1. The van der Waals surface area contributed by atoms with Crippen LogP contribution in [-0.4, -0.2) is 49.6 Å². The van der Waals surface area contributed by atoms with Crippen molar-refractivity contribution < 1.29 is 33.6 Å². The van der Waals surface area contributed by atoms with E-state index in [0.29, 0.717) is 0 Å². The molecule has 2 heterocycles. The Bertz CT molecular complexity index is 492. The lowest BCUT2D eigenvalue weighted by Crippen LogP contribution is -2.22. The molecule has 7 nitrogen and oxygen atoms in total. The van der Waals surface area contributed by atoms with Crippen LogP contribution in [0.25, 0.3) is 0 Å². The summed E-state index contributed by atoms with van der Waals surface area (Å²) in [6, 6.07) is 0. The highest BCUT2D eigenvalue weighted by molar-refractivity contribution is 7.16. The van der Waals surface area contributed by atoms with Gasteiger partial charge in [-0.1, -0.05) is 0 Å². The van der Waals surface area contributed by atoms with Crippen LogP contribution < -0.4 is 9.47 Å². The monoisotopic (exact) mass is 316 g/mol. The molecule has 8 heteroatoms.